The zero-order valence-electron chi connectivity index (χ0n) is 10.5. The van der Waals surface area contributed by atoms with Crippen LogP contribution in [0.1, 0.15) is 18.5 Å². The quantitative estimate of drug-likeness (QED) is 0.757. The van der Waals surface area contributed by atoms with Gasteiger partial charge in [-0.05, 0) is 30.9 Å². The van der Waals surface area contributed by atoms with Crippen LogP contribution in [0.3, 0.4) is 0 Å². The third-order valence-electron chi connectivity index (χ3n) is 3.27. The lowest BCUT2D eigenvalue weighted by Gasteiger charge is -2.05. The second-order valence-electron chi connectivity index (χ2n) is 4.87. The lowest BCUT2D eigenvalue weighted by Crippen LogP contribution is -2.20. The predicted octanol–water partition coefficient (Wildman–Crippen LogP) is 1.85. The van der Waals surface area contributed by atoms with Crippen LogP contribution in [0.25, 0.3) is 5.65 Å². The van der Waals surface area contributed by atoms with Crippen molar-refractivity contribution in [2.45, 2.75) is 19.4 Å². The summed E-state index contributed by atoms with van der Waals surface area (Å²) in [6, 6.07) is 6.05. The number of hydrogen-bond donors (Lipinski definition) is 1. The topological polar surface area (TPSA) is 38.6 Å². The summed E-state index contributed by atoms with van der Waals surface area (Å²) >= 11 is 0. The number of nitrogens with zero attached hydrogens (tertiary/aromatic N) is 2. The van der Waals surface area contributed by atoms with E-state index in [1.165, 1.54) is 18.5 Å². The number of rotatable bonds is 7. The Morgan fingerprint density at radius 1 is 1.39 bits per heavy atom. The van der Waals surface area contributed by atoms with Crippen molar-refractivity contribution in [2.75, 3.05) is 19.8 Å². The van der Waals surface area contributed by atoms with Crippen LogP contribution in [0.2, 0.25) is 0 Å². The molecule has 1 fully saturated rings. The molecule has 1 N–H and O–H groups in total. The third-order valence-corrected chi connectivity index (χ3v) is 3.27. The maximum absolute atomic E-state index is 5.58. The van der Waals surface area contributed by atoms with Crippen molar-refractivity contribution in [3.8, 4) is 0 Å². The summed E-state index contributed by atoms with van der Waals surface area (Å²) in [5.41, 5.74) is 2.19. The van der Waals surface area contributed by atoms with E-state index < -0.39 is 0 Å². The first-order valence-corrected chi connectivity index (χ1v) is 6.63. The van der Waals surface area contributed by atoms with Crippen LogP contribution in [0.5, 0.6) is 0 Å². The Labute approximate surface area is 107 Å². The van der Waals surface area contributed by atoms with Crippen LogP contribution in [-0.4, -0.2) is 29.1 Å². The number of ether oxygens (including phenoxy) is 1. The molecule has 0 atom stereocenters. The largest absolute Gasteiger partial charge is 0.380 e. The monoisotopic (exact) mass is 245 g/mol. The third kappa shape index (κ3) is 2.89. The number of pyridine rings is 1. The summed E-state index contributed by atoms with van der Waals surface area (Å²) in [6.45, 7) is 3.47. The van der Waals surface area contributed by atoms with Gasteiger partial charge in [-0.25, -0.2) is 4.98 Å². The zero-order valence-corrected chi connectivity index (χ0v) is 10.5. The molecule has 0 unspecified atom stereocenters. The summed E-state index contributed by atoms with van der Waals surface area (Å²) in [6.07, 6.45) is 6.68. The van der Waals surface area contributed by atoms with Crippen molar-refractivity contribution < 1.29 is 4.74 Å². The van der Waals surface area contributed by atoms with Crippen LogP contribution < -0.4 is 5.32 Å². The fraction of sp³-hybridized carbons (Fsp3) is 0.500. The van der Waals surface area contributed by atoms with E-state index >= 15 is 0 Å². The smallest absolute Gasteiger partial charge is 0.136 e. The summed E-state index contributed by atoms with van der Waals surface area (Å²) in [4.78, 5) is 4.36. The summed E-state index contributed by atoms with van der Waals surface area (Å²) in [7, 11) is 0. The molecule has 0 bridgehead atoms. The molecule has 3 rings (SSSR count). The van der Waals surface area contributed by atoms with Crippen LogP contribution in [-0.2, 0) is 11.3 Å². The first-order valence-electron chi connectivity index (χ1n) is 6.63. The number of aromatic nitrogens is 2. The SMILES string of the molecule is c1ccn2c(CNCCOCC3CC3)cnc2c1. The predicted molar refractivity (Wildman–Crippen MR) is 70.4 cm³/mol. The van der Waals surface area contributed by atoms with Gasteiger partial charge >= 0.3 is 0 Å². The summed E-state index contributed by atoms with van der Waals surface area (Å²) < 4.78 is 7.69. The Morgan fingerprint density at radius 2 is 2.33 bits per heavy atom. The van der Waals surface area contributed by atoms with E-state index in [0.29, 0.717) is 0 Å². The number of hydrogen-bond acceptors (Lipinski definition) is 3. The molecular formula is C14H19N3O. The fourth-order valence-electron chi connectivity index (χ4n) is 2.01. The van der Waals surface area contributed by atoms with E-state index in [1.54, 1.807) is 0 Å². The van der Waals surface area contributed by atoms with Crippen molar-refractivity contribution in [1.29, 1.82) is 0 Å². The Kier molecular flexibility index (Phi) is 3.57. The molecule has 0 amide bonds. The zero-order chi connectivity index (χ0) is 12.2. The second-order valence-corrected chi connectivity index (χ2v) is 4.87. The van der Waals surface area contributed by atoms with Crippen LogP contribution in [0, 0.1) is 5.92 Å². The fourth-order valence-corrected chi connectivity index (χ4v) is 2.01. The highest BCUT2D eigenvalue weighted by atomic mass is 16.5. The highest BCUT2D eigenvalue weighted by Crippen LogP contribution is 2.28. The summed E-state index contributed by atoms with van der Waals surface area (Å²) in [5, 5.41) is 3.39. The van der Waals surface area contributed by atoms with Gasteiger partial charge in [0.1, 0.15) is 5.65 Å². The van der Waals surface area contributed by atoms with Gasteiger partial charge in [0.15, 0.2) is 0 Å². The first kappa shape index (κ1) is 11.7. The van der Waals surface area contributed by atoms with Gasteiger partial charge in [-0.3, -0.25) is 0 Å². The van der Waals surface area contributed by atoms with Crippen molar-refractivity contribution in [2.24, 2.45) is 5.92 Å². The molecule has 4 heteroatoms. The Bertz CT molecular complexity index is 504. The minimum Gasteiger partial charge on any atom is -0.380 e. The van der Waals surface area contributed by atoms with Gasteiger partial charge in [0, 0.05) is 25.9 Å². The minimum absolute atomic E-state index is 0.799. The first-order chi connectivity index (χ1) is 8.93. The average Bonchev–Trinajstić information content (AvgIpc) is 3.14. The summed E-state index contributed by atoms with van der Waals surface area (Å²) in [5.74, 6) is 0.851. The lowest BCUT2D eigenvalue weighted by molar-refractivity contribution is 0.126. The molecule has 1 aliphatic rings. The molecule has 96 valence electrons. The van der Waals surface area contributed by atoms with Gasteiger partial charge in [-0.2, -0.15) is 0 Å². The Morgan fingerprint density at radius 3 is 3.22 bits per heavy atom. The van der Waals surface area contributed by atoms with Crippen molar-refractivity contribution in [1.82, 2.24) is 14.7 Å². The maximum Gasteiger partial charge on any atom is 0.136 e. The van der Waals surface area contributed by atoms with E-state index in [4.69, 9.17) is 4.74 Å². The van der Waals surface area contributed by atoms with Crippen LogP contribution in [0.15, 0.2) is 30.6 Å². The number of fused-ring (bicyclic) bond motifs is 1. The molecule has 0 saturated heterocycles. The van der Waals surface area contributed by atoms with E-state index in [-0.39, 0.29) is 0 Å². The van der Waals surface area contributed by atoms with Crippen LogP contribution >= 0.6 is 0 Å². The lowest BCUT2D eigenvalue weighted by atomic mass is 10.4. The number of nitrogens with one attached hydrogen (secondary N) is 1. The van der Waals surface area contributed by atoms with Crippen molar-refractivity contribution >= 4 is 5.65 Å². The molecule has 1 aliphatic carbocycles. The molecule has 0 radical (unpaired) electrons. The Balaban J connectivity index is 1.41. The molecule has 0 aromatic carbocycles. The average molecular weight is 245 g/mol. The molecule has 0 aliphatic heterocycles. The molecule has 2 heterocycles. The number of imidazole rings is 1. The molecule has 0 spiro atoms. The molecule has 2 aromatic rings. The van der Waals surface area contributed by atoms with Crippen molar-refractivity contribution in [3.05, 3.63) is 36.3 Å². The van der Waals surface area contributed by atoms with Gasteiger partial charge in [-0.1, -0.05) is 6.07 Å². The molecule has 1 saturated carbocycles. The van der Waals surface area contributed by atoms with E-state index in [0.717, 1.165) is 37.9 Å². The molecular weight excluding hydrogens is 226 g/mol. The van der Waals surface area contributed by atoms with Crippen LogP contribution in [0.4, 0.5) is 0 Å². The maximum atomic E-state index is 5.58. The standard InChI is InChI=1S/C14H19N3O/c1-2-7-17-13(10-16-14(17)3-1)9-15-6-8-18-11-12-4-5-12/h1-3,7,10,12,15H,4-6,8-9,11H2. The van der Waals surface area contributed by atoms with Gasteiger partial charge in [-0.15, -0.1) is 0 Å². The minimum atomic E-state index is 0.799. The normalized spacial score (nSPS) is 15.3. The highest BCUT2D eigenvalue weighted by molar-refractivity contribution is 5.39. The highest BCUT2D eigenvalue weighted by Gasteiger charge is 2.20. The van der Waals surface area contributed by atoms with Crippen molar-refractivity contribution in [3.63, 3.8) is 0 Å². The van der Waals surface area contributed by atoms with Gasteiger partial charge in [0.05, 0.1) is 18.5 Å². The molecule has 2 aromatic heterocycles. The van der Waals surface area contributed by atoms with E-state index in [9.17, 15) is 0 Å². The van der Waals surface area contributed by atoms with Gasteiger partial charge in [0.2, 0.25) is 0 Å². The Hall–Kier alpha value is -1.39. The molecule has 4 nitrogen and oxygen atoms in total. The van der Waals surface area contributed by atoms with Gasteiger partial charge < -0.3 is 14.5 Å². The molecule has 18 heavy (non-hydrogen) atoms. The van der Waals surface area contributed by atoms with E-state index in [2.05, 4.69) is 14.7 Å². The second kappa shape index (κ2) is 5.50. The van der Waals surface area contributed by atoms with E-state index in [1.807, 2.05) is 30.6 Å². The van der Waals surface area contributed by atoms with Gasteiger partial charge in [0.25, 0.3) is 0 Å².